The van der Waals surface area contributed by atoms with Gasteiger partial charge in [-0.2, -0.15) is 9.97 Å². The van der Waals surface area contributed by atoms with E-state index in [1.165, 1.54) is 12.8 Å². The number of ether oxygens (including phenoxy) is 2. The molecule has 0 bridgehead atoms. The van der Waals surface area contributed by atoms with Gasteiger partial charge in [-0.25, -0.2) is 9.97 Å². The first-order valence-electron chi connectivity index (χ1n) is 12.7. The minimum absolute atomic E-state index is 0.264. The van der Waals surface area contributed by atoms with Crippen molar-refractivity contribution >= 4 is 0 Å². The van der Waals surface area contributed by atoms with Gasteiger partial charge in [0.1, 0.15) is 23.1 Å². The molecule has 34 heavy (non-hydrogen) atoms. The summed E-state index contributed by atoms with van der Waals surface area (Å²) in [7, 11) is 0. The summed E-state index contributed by atoms with van der Waals surface area (Å²) in [6.07, 6.45) is 8.62. The Kier molecular flexibility index (Phi) is 6.48. The molecule has 0 radical (unpaired) electrons. The highest BCUT2D eigenvalue weighted by molar-refractivity contribution is 5.41. The average Bonchev–Trinajstić information content (AvgIpc) is 2.85. The number of aryl methyl sites for hydroxylation is 2. The molecule has 2 aliphatic carbocycles. The van der Waals surface area contributed by atoms with Gasteiger partial charge >= 0.3 is 0 Å². The van der Waals surface area contributed by atoms with E-state index >= 15 is 0 Å². The number of hydrogen-bond donors (Lipinski definition) is 0. The SMILES string of the molecule is CC(C)c1nc2c(c(Oc3ccc(Oc4nc(C(C)C)nc5c4CCCC5)cc3)n1)CCCC2. The van der Waals surface area contributed by atoms with Gasteiger partial charge < -0.3 is 9.47 Å². The van der Waals surface area contributed by atoms with Gasteiger partial charge in [0.2, 0.25) is 11.8 Å². The second-order valence-electron chi connectivity index (χ2n) is 10.0. The molecule has 1 aromatic carbocycles. The molecule has 0 saturated heterocycles. The molecule has 0 N–H and O–H groups in total. The molecule has 6 nitrogen and oxygen atoms in total. The monoisotopic (exact) mass is 458 g/mol. The third kappa shape index (κ3) is 4.77. The van der Waals surface area contributed by atoms with Crippen LogP contribution in [0.5, 0.6) is 23.3 Å². The maximum Gasteiger partial charge on any atom is 0.226 e. The summed E-state index contributed by atoms with van der Waals surface area (Å²) >= 11 is 0. The standard InChI is InChI=1S/C28H34N4O2/c1-17(2)25-29-23-11-7-5-9-21(23)27(31-25)33-19-13-15-20(16-14-19)34-28-22-10-6-8-12-24(22)30-26(32-28)18(3)4/h13-18H,5-12H2,1-4H3. The Labute approximate surface area is 202 Å². The van der Waals surface area contributed by atoms with E-state index in [0.29, 0.717) is 11.8 Å². The summed E-state index contributed by atoms with van der Waals surface area (Å²) < 4.78 is 12.6. The van der Waals surface area contributed by atoms with Crippen LogP contribution >= 0.6 is 0 Å². The molecule has 0 atom stereocenters. The molecule has 0 aliphatic heterocycles. The Morgan fingerprint density at radius 1 is 0.559 bits per heavy atom. The molecular formula is C28H34N4O2. The molecule has 0 saturated carbocycles. The van der Waals surface area contributed by atoms with Crippen molar-refractivity contribution in [2.45, 2.75) is 90.9 Å². The Hall–Kier alpha value is -3.02. The molecule has 0 amide bonds. The zero-order valence-electron chi connectivity index (χ0n) is 20.7. The van der Waals surface area contributed by atoms with E-state index in [2.05, 4.69) is 27.7 Å². The highest BCUT2D eigenvalue weighted by Gasteiger charge is 2.22. The number of rotatable bonds is 6. The summed E-state index contributed by atoms with van der Waals surface area (Å²) in [5, 5.41) is 0. The van der Waals surface area contributed by atoms with E-state index in [1.54, 1.807) is 0 Å². The van der Waals surface area contributed by atoms with Crippen LogP contribution in [0, 0.1) is 0 Å². The average molecular weight is 459 g/mol. The van der Waals surface area contributed by atoms with Crippen molar-refractivity contribution in [3.8, 4) is 23.3 Å². The summed E-state index contributed by atoms with van der Waals surface area (Å²) in [5.74, 6) is 5.14. The predicted molar refractivity (Wildman–Crippen MR) is 132 cm³/mol. The van der Waals surface area contributed by atoms with Gasteiger partial charge in [-0.1, -0.05) is 27.7 Å². The quantitative estimate of drug-likeness (QED) is 0.402. The summed E-state index contributed by atoms with van der Waals surface area (Å²) in [6.45, 7) is 8.49. The van der Waals surface area contributed by atoms with Crippen LogP contribution in [-0.4, -0.2) is 19.9 Å². The lowest BCUT2D eigenvalue weighted by Gasteiger charge is -2.20. The lowest BCUT2D eigenvalue weighted by Crippen LogP contribution is -2.12. The minimum atomic E-state index is 0.264. The van der Waals surface area contributed by atoms with Gasteiger partial charge in [0.15, 0.2) is 0 Å². The fourth-order valence-electron chi connectivity index (χ4n) is 4.64. The lowest BCUT2D eigenvalue weighted by molar-refractivity contribution is 0.430. The summed E-state index contributed by atoms with van der Waals surface area (Å²) in [5.41, 5.74) is 4.61. The van der Waals surface area contributed by atoms with Gasteiger partial charge in [0, 0.05) is 23.0 Å². The molecule has 0 spiro atoms. The third-order valence-electron chi connectivity index (χ3n) is 6.61. The van der Waals surface area contributed by atoms with Crippen molar-refractivity contribution in [2.75, 3.05) is 0 Å². The van der Waals surface area contributed by atoms with Crippen LogP contribution in [-0.2, 0) is 25.7 Å². The Bertz CT molecular complexity index is 1080. The second kappa shape index (κ2) is 9.69. The first-order valence-corrected chi connectivity index (χ1v) is 12.7. The van der Waals surface area contributed by atoms with Crippen molar-refractivity contribution in [3.05, 3.63) is 58.4 Å². The molecular weight excluding hydrogens is 424 g/mol. The molecule has 3 aromatic rings. The Balaban J connectivity index is 1.39. The maximum absolute atomic E-state index is 6.28. The van der Waals surface area contributed by atoms with Gasteiger partial charge in [0.25, 0.3) is 0 Å². The van der Waals surface area contributed by atoms with Crippen LogP contribution in [0.3, 0.4) is 0 Å². The van der Waals surface area contributed by atoms with Gasteiger partial charge in [-0.15, -0.1) is 0 Å². The van der Waals surface area contributed by atoms with E-state index in [-0.39, 0.29) is 11.8 Å². The lowest BCUT2D eigenvalue weighted by atomic mass is 9.96. The molecule has 5 rings (SSSR count). The number of nitrogens with zero attached hydrogens (tertiary/aromatic N) is 4. The molecule has 178 valence electrons. The molecule has 6 heteroatoms. The summed E-state index contributed by atoms with van der Waals surface area (Å²) in [4.78, 5) is 19.1. The fraction of sp³-hybridized carbons (Fsp3) is 0.500. The molecule has 0 fully saturated rings. The van der Waals surface area contributed by atoms with E-state index in [4.69, 9.17) is 29.4 Å². The number of fused-ring (bicyclic) bond motifs is 2. The van der Waals surface area contributed by atoms with E-state index < -0.39 is 0 Å². The number of benzene rings is 1. The fourth-order valence-corrected chi connectivity index (χ4v) is 4.64. The van der Waals surface area contributed by atoms with E-state index in [9.17, 15) is 0 Å². The predicted octanol–water partition coefficient (Wildman–Crippen LogP) is 6.86. The van der Waals surface area contributed by atoms with E-state index in [0.717, 1.165) is 84.2 Å². The minimum Gasteiger partial charge on any atom is -0.439 e. The van der Waals surface area contributed by atoms with Crippen LogP contribution in [0.4, 0.5) is 0 Å². The first-order chi connectivity index (χ1) is 16.5. The summed E-state index contributed by atoms with van der Waals surface area (Å²) in [6, 6.07) is 7.77. The van der Waals surface area contributed by atoms with Crippen LogP contribution in [0.25, 0.3) is 0 Å². The molecule has 2 aliphatic rings. The van der Waals surface area contributed by atoms with Crippen molar-refractivity contribution < 1.29 is 9.47 Å². The van der Waals surface area contributed by atoms with Crippen molar-refractivity contribution in [3.63, 3.8) is 0 Å². The topological polar surface area (TPSA) is 70.0 Å². The van der Waals surface area contributed by atoms with Gasteiger partial charge in [-0.05, 0) is 75.6 Å². The Morgan fingerprint density at radius 2 is 0.941 bits per heavy atom. The molecule has 2 aromatic heterocycles. The van der Waals surface area contributed by atoms with Crippen molar-refractivity contribution in [1.29, 1.82) is 0 Å². The first kappa shape index (κ1) is 22.8. The van der Waals surface area contributed by atoms with Crippen molar-refractivity contribution in [1.82, 2.24) is 19.9 Å². The van der Waals surface area contributed by atoms with Crippen LogP contribution in [0.1, 0.15) is 99.4 Å². The normalized spacial score (nSPS) is 15.2. The highest BCUT2D eigenvalue weighted by atomic mass is 16.5. The smallest absolute Gasteiger partial charge is 0.226 e. The van der Waals surface area contributed by atoms with Crippen LogP contribution in [0.15, 0.2) is 24.3 Å². The Morgan fingerprint density at radius 3 is 1.32 bits per heavy atom. The van der Waals surface area contributed by atoms with Crippen LogP contribution < -0.4 is 9.47 Å². The second-order valence-corrected chi connectivity index (χ2v) is 10.0. The zero-order chi connectivity index (χ0) is 23.7. The number of aromatic nitrogens is 4. The van der Waals surface area contributed by atoms with Crippen molar-refractivity contribution in [2.24, 2.45) is 0 Å². The number of hydrogen-bond acceptors (Lipinski definition) is 6. The van der Waals surface area contributed by atoms with E-state index in [1.807, 2.05) is 24.3 Å². The highest BCUT2D eigenvalue weighted by Crippen LogP contribution is 2.35. The maximum atomic E-state index is 6.28. The molecule has 2 heterocycles. The van der Waals surface area contributed by atoms with Gasteiger partial charge in [-0.3, -0.25) is 0 Å². The zero-order valence-corrected chi connectivity index (χ0v) is 20.7. The van der Waals surface area contributed by atoms with Gasteiger partial charge in [0.05, 0.1) is 11.4 Å². The largest absolute Gasteiger partial charge is 0.439 e. The molecule has 0 unspecified atom stereocenters. The third-order valence-corrected chi connectivity index (χ3v) is 6.61. The van der Waals surface area contributed by atoms with Crippen LogP contribution in [0.2, 0.25) is 0 Å².